The lowest BCUT2D eigenvalue weighted by Gasteiger charge is -2.15. The van der Waals surface area contributed by atoms with Crippen LogP contribution in [0.2, 0.25) is 0 Å². The van der Waals surface area contributed by atoms with E-state index in [-0.39, 0.29) is 11.8 Å². The number of hydrogen-bond donors (Lipinski definition) is 2. The van der Waals surface area contributed by atoms with E-state index in [0.717, 1.165) is 0 Å². The zero-order valence-electron chi connectivity index (χ0n) is 13.0. The fraction of sp³-hybridized carbons (Fsp3) is 0.467. The summed E-state index contributed by atoms with van der Waals surface area (Å²) < 4.78 is 5.51. The molecule has 0 heterocycles. The first-order valence-electron chi connectivity index (χ1n) is 6.92. The number of nitrogens with one attached hydrogen (secondary N) is 2. The van der Waals surface area contributed by atoms with Gasteiger partial charge in [0.1, 0.15) is 5.75 Å². The van der Waals surface area contributed by atoms with Gasteiger partial charge in [-0.05, 0) is 32.2 Å². The van der Waals surface area contributed by atoms with Crippen LogP contribution in [0.1, 0.15) is 23.7 Å². The van der Waals surface area contributed by atoms with Crippen molar-refractivity contribution in [2.45, 2.75) is 13.3 Å². The highest BCUT2D eigenvalue weighted by Gasteiger charge is 2.13. The summed E-state index contributed by atoms with van der Waals surface area (Å²) in [5.41, 5.74) is 1.10. The van der Waals surface area contributed by atoms with Gasteiger partial charge in [0.25, 0.3) is 5.91 Å². The molecular formula is C15H23N3O3. The molecule has 0 aliphatic carbocycles. The summed E-state index contributed by atoms with van der Waals surface area (Å²) in [6, 6.07) is 5.02. The Balaban J connectivity index is 2.93. The van der Waals surface area contributed by atoms with E-state index in [4.69, 9.17) is 4.74 Å². The van der Waals surface area contributed by atoms with E-state index in [1.54, 1.807) is 39.3 Å². The van der Waals surface area contributed by atoms with Crippen LogP contribution in [0.4, 0.5) is 5.69 Å². The van der Waals surface area contributed by atoms with Gasteiger partial charge in [0.05, 0.1) is 12.3 Å². The van der Waals surface area contributed by atoms with Crippen LogP contribution in [-0.2, 0) is 4.79 Å². The summed E-state index contributed by atoms with van der Waals surface area (Å²) >= 11 is 0. The lowest BCUT2D eigenvalue weighted by molar-refractivity contribution is -0.116. The van der Waals surface area contributed by atoms with Crippen molar-refractivity contribution in [2.75, 3.05) is 39.6 Å². The number of hydrogen-bond acceptors (Lipinski definition) is 4. The molecule has 0 saturated heterocycles. The van der Waals surface area contributed by atoms with Gasteiger partial charge in [-0.2, -0.15) is 0 Å². The molecule has 0 aliphatic heterocycles. The maximum absolute atomic E-state index is 12.0. The van der Waals surface area contributed by atoms with Gasteiger partial charge in [0, 0.05) is 32.6 Å². The average Bonchev–Trinajstić information content (AvgIpc) is 2.46. The first-order chi connectivity index (χ1) is 9.99. The maximum Gasteiger partial charge on any atom is 0.253 e. The van der Waals surface area contributed by atoms with Crippen LogP contribution < -0.4 is 15.4 Å². The number of ether oxygens (including phenoxy) is 1. The van der Waals surface area contributed by atoms with E-state index in [9.17, 15) is 9.59 Å². The van der Waals surface area contributed by atoms with Crippen LogP contribution in [0.3, 0.4) is 0 Å². The number of anilines is 1. The fourth-order valence-corrected chi connectivity index (χ4v) is 1.74. The molecule has 0 aromatic heterocycles. The Hall–Kier alpha value is -2.08. The summed E-state index contributed by atoms with van der Waals surface area (Å²) in [5, 5.41) is 5.72. The molecule has 1 rings (SSSR count). The van der Waals surface area contributed by atoms with Crippen LogP contribution in [0.25, 0.3) is 0 Å². The second kappa shape index (κ2) is 8.26. The maximum atomic E-state index is 12.0. The van der Waals surface area contributed by atoms with Crippen LogP contribution in [0, 0.1) is 0 Å². The van der Waals surface area contributed by atoms with E-state index in [0.29, 0.717) is 36.6 Å². The quantitative estimate of drug-likeness (QED) is 0.796. The summed E-state index contributed by atoms with van der Waals surface area (Å²) in [6.07, 6.45) is 0.375. The van der Waals surface area contributed by atoms with Crippen molar-refractivity contribution in [2.24, 2.45) is 0 Å². The molecule has 1 aromatic rings. The van der Waals surface area contributed by atoms with E-state index in [2.05, 4.69) is 10.6 Å². The number of rotatable bonds is 7. The molecule has 116 valence electrons. The summed E-state index contributed by atoms with van der Waals surface area (Å²) in [4.78, 5) is 25.2. The number of carbonyl (C=O) groups excluding carboxylic acids is 2. The fourth-order valence-electron chi connectivity index (χ4n) is 1.74. The van der Waals surface area contributed by atoms with Crippen molar-refractivity contribution < 1.29 is 14.3 Å². The molecule has 0 spiro atoms. The smallest absolute Gasteiger partial charge is 0.253 e. The topological polar surface area (TPSA) is 70.7 Å². The van der Waals surface area contributed by atoms with Gasteiger partial charge in [0.15, 0.2) is 0 Å². The summed E-state index contributed by atoms with van der Waals surface area (Å²) in [6.45, 7) is 2.92. The van der Waals surface area contributed by atoms with Crippen molar-refractivity contribution >= 4 is 17.5 Å². The van der Waals surface area contributed by atoms with Gasteiger partial charge >= 0.3 is 0 Å². The Morgan fingerprint density at radius 3 is 2.57 bits per heavy atom. The predicted octanol–water partition coefficient (Wildman–Crippen LogP) is 1.34. The predicted molar refractivity (Wildman–Crippen MR) is 82.8 cm³/mol. The molecule has 0 fully saturated rings. The second-order valence-electron chi connectivity index (χ2n) is 4.75. The van der Waals surface area contributed by atoms with E-state index in [1.165, 1.54) is 4.90 Å². The third-order valence-electron chi connectivity index (χ3n) is 2.81. The third kappa shape index (κ3) is 5.07. The van der Waals surface area contributed by atoms with Crippen LogP contribution in [-0.4, -0.2) is 51.0 Å². The van der Waals surface area contributed by atoms with Gasteiger partial charge in [-0.3, -0.25) is 9.59 Å². The third-order valence-corrected chi connectivity index (χ3v) is 2.81. The molecule has 0 unspecified atom stereocenters. The summed E-state index contributed by atoms with van der Waals surface area (Å²) in [5.74, 6) is 0.295. The lowest BCUT2D eigenvalue weighted by Crippen LogP contribution is -2.22. The molecule has 0 radical (unpaired) electrons. The second-order valence-corrected chi connectivity index (χ2v) is 4.75. The Bertz CT molecular complexity index is 501. The first kappa shape index (κ1) is 17.0. The highest BCUT2D eigenvalue weighted by atomic mass is 16.5. The highest BCUT2D eigenvalue weighted by molar-refractivity contribution is 5.97. The van der Waals surface area contributed by atoms with E-state index >= 15 is 0 Å². The minimum Gasteiger partial charge on any atom is -0.492 e. The molecular weight excluding hydrogens is 270 g/mol. The van der Waals surface area contributed by atoms with Gasteiger partial charge in [-0.15, -0.1) is 0 Å². The zero-order valence-corrected chi connectivity index (χ0v) is 13.0. The molecule has 1 aromatic carbocycles. The molecule has 2 N–H and O–H groups in total. The number of carbonyl (C=O) groups is 2. The standard InChI is InChI=1S/C15H23N3O3/c1-5-21-13-10-11(15(20)18(3)4)6-7-12(13)17-14(19)8-9-16-2/h6-7,10,16H,5,8-9H2,1-4H3,(H,17,19). The van der Waals surface area contributed by atoms with E-state index < -0.39 is 0 Å². The normalized spacial score (nSPS) is 10.1. The Morgan fingerprint density at radius 1 is 1.29 bits per heavy atom. The Kier molecular flexibility index (Phi) is 6.68. The van der Waals surface area contributed by atoms with E-state index in [1.807, 2.05) is 6.92 Å². The van der Waals surface area contributed by atoms with Crippen molar-refractivity contribution in [1.82, 2.24) is 10.2 Å². The lowest BCUT2D eigenvalue weighted by atomic mass is 10.1. The average molecular weight is 293 g/mol. The molecule has 0 atom stereocenters. The first-order valence-corrected chi connectivity index (χ1v) is 6.92. The molecule has 6 heteroatoms. The zero-order chi connectivity index (χ0) is 15.8. The van der Waals surface area contributed by atoms with Gasteiger partial charge in [-0.25, -0.2) is 0 Å². The Morgan fingerprint density at radius 2 is 2.00 bits per heavy atom. The van der Waals surface area contributed by atoms with Gasteiger partial charge in [0.2, 0.25) is 5.91 Å². The molecule has 0 aliphatic rings. The van der Waals surface area contributed by atoms with Crippen molar-refractivity contribution in [3.05, 3.63) is 23.8 Å². The highest BCUT2D eigenvalue weighted by Crippen LogP contribution is 2.26. The SMILES string of the molecule is CCOc1cc(C(=O)N(C)C)ccc1NC(=O)CCNC. The number of nitrogens with zero attached hydrogens (tertiary/aromatic N) is 1. The molecule has 0 bridgehead atoms. The molecule has 6 nitrogen and oxygen atoms in total. The van der Waals surface area contributed by atoms with Crippen molar-refractivity contribution in [1.29, 1.82) is 0 Å². The van der Waals surface area contributed by atoms with Gasteiger partial charge in [-0.1, -0.05) is 0 Å². The van der Waals surface area contributed by atoms with Crippen LogP contribution in [0.5, 0.6) is 5.75 Å². The van der Waals surface area contributed by atoms with Crippen LogP contribution in [0.15, 0.2) is 18.2 Å². The van der Waals surface area contributed by atoms with Crippen LogP contribution >= 0.6 is 0 Å². The number of amides is 2. The molecule has 2 amide bonds. The summed E-state index contributed by atoms with van der Waals surface area (Å²) in [7, 11) is 5.17. The number of benzene rings is 1. The van der Waals surface area contributed by atoms with Gasteiger partial charge < -0.3 is 20.3 Å². The minimum atomic E-state index is -0.107. The van der Waals surface area contributed by atoms with Crippen molar-refractivity contribution in [3.8, 4) is 5.75 Å². The largest absolute Gasteiger partial charge is 0.492 e. The minimum absolute atomic E-state index is 0.100. The van der Waals surface area contributed by atoms with Crippen molar-refractivity contribution in [3.63, 3.8) is 0 Å². The molecule has 21 heavy (non-hydrogen) atoms. The molecule has 0 saturated carbocycles. The monoisotopic (exact) mass is 293 g/mol. The Labute approximate surface area is 125 Å².